The van der Waals surface area contributed by atoms with E-state index in [1.165, 1.54) is 5.56 Å². The van der Waals surface area contributed by atoms with E-state index in [-0.39, 0.29) is 29.9 Å². The van der Waals surface area contributed by atoms with Crippen molar-refractivity contribution in [1.29, 1.82) is 0 Å². The number of nitrogens with zero attached hydrogens (tertiary/aromatic N) is 1. The van der Waals surface area contributed by atoms with Gasteiger partial charge in [0, 0.05) is 25.2 Å². The number of aromatic hydroxyl groups is 1. The highest BCUT2D eigenvalue weighted by atomic mass is 16.3. The first-order valence-electron chi connectivity index (χ1n) is 9.40. The first-order valence-corrected chi connectivity index (χ1v) is 9.40. The number of phenols is 1. The number of benzene rings is 2. The lowest BCUT2D eigenvalue weighted by atomic mass is 10.0. The number of carbonyl (C=O) groups is 2. The van der Waals surface area contributed by atoms with Crippen LogP contribution in [-0.2, 0) is 16.0 Å². The summed E-state index contributed by atoms with van der Waals surface area (Å²) in [7, 11) is 0. The monoisotopic (exact) mass is 366 g/mol. The van der Waals surface area contributed by atoms with Crippen molar-refractivity contribution in [1.82, 2.24) is 5.32 Å². The van der Waals surface area contributed by atoms with Gasteiger partial charge in [-0.1, -0.05) is 38.1 Å². The van der Waals surface area contributed by atoms with E-state index in [0.717, 1.165) is 11.3 Å². The van der Waals surface area contributed by atoms with E-state index in [4.69, 9.17) is 0 Å². The molecule has 3 rings (SSSR count). The first kappa shape index (κ1) is 19.0. The van der Waals surface area contributed by atoms with Crippen LogP contribution in [-0.4, -0.2) is 30.0 Å². The van der Waals surface area contributed by atoms with E-state index < -0.39 is 0 Å². The second kappa shape index (κ2) is 8.25. The van der Waals surface area contributed by atoms with Gasteiger partial charge >= 0.3 is 0 Å². The normalized spacial score (nSPS) is 16.8. The molecular weight excluding hydrogens is 340 g/mol. The maximum Gasteiger partial charge on any atom is 0.227 e. The second-order valence-corrected chi connectivity index (χ2v) is 7.36. The van der Waals surface area contributed by atoms with E-state index in [1.807, 2.05) is 36.4 Å². The van der Waals surface area contributed by atoms with Crippen LogP contribution in [0.4, 0.5) is 5.69 Å². The highest BCUT2D eigenvalue weighted by Gasteiger charge is 2.34. The molecule has 1 atom stereocenters. The van der Waals surface area contributed by atoms with Crippen LogP contribution in [0.15, 0.2) is 48.5 Å². The fraction of sp³-hybridized carbons (Fsp3) is 0.364. The van der Waals surface area contributed by atoms with Gasteiger partial charge in [-0.05, 0) is 47.7 Å². The second-order valence-electron chi connectivity index (χ2n) is 7.36. The lowest BCUT2D eigenvalue weighted by molar-refractivity contribution is -0.126. The Labute approximate surface area is 160 Å². The molecule has 2 aromatic rings. The van der Waals surface area contributed by atoms with Gasteiger partial charge in [-0.25, -0.2) is 0 Å². The van der Waals surface area contributed by atoms with Crippen LogP contribution in [0.5, 0.6) is 5.75 Å². The van der Waals surface area contributed by atoms with Crippen molar-refractivity contribution >= 4 is 17.5 Å². The lowest BCUT2D eigenvalue weighted by Gasteiger charge is -2.17. The molecule has 1 heterocycles. The molecule has 142 valence electrons. The Balaban J connectivity index is 1.53. The molecule has 1 saturated heterocycles. The molecule has 5 nitrogen and oxygen atoms in total. The van der Waals surface area contributed by atoms with Crippen LogP contribution in [0.1, 0.15) is 37.3 Å². The Hall–Kier alpha value is -2.82. The first-order chi connectivity index (χ1) is 12.9. The molecule has 2 amide bonds. The van der Waals surface area contributed by atoms with Gasteiger partial charge in [0.25, 0.3) is 0 Å². The van der Waals surface area contributed by atoms with E-state index in [9.17, 15) is 14.7 Å². The van der Waals surface area contributed by atoms with Crippen LogP contribution in [0, 0.1) is 5.92 Å². The average molecular weight is 366 g/mol. The minimum Gasteiger partial charge on any atom is -0.508 e. The van der Waals surface area contributed by atoms with Crippen molar-refractivity contribution in [2.75, 3.05) is 18.0 Å². The summed E-state index contributed by atoms with van der Waals surface area (Å²) in [4.78, 5) is 26.5. The molecule has 0 aliphatic carbocycles. The highest BCUT2D eigenvalue weighted by molar-refractivity contribution is 6.00. The molecule has 1 fully saturated rings. The van der Waals surface area contributed by atoms with E-state index in [1.54, 1.807) is 17.0 Å². The third-order valence-corrected chi connectivity index (χ3v) is 5.02. The Morgan fingerprint density at radius 3 is 2.44 bits per heavy atom. The summed E-state index contributed by atoms with van der Waals surface area (Å²) in [5.74, 6) is 0.269. The molecule has 1 aliphatic heterocycles. The van der Waals surface area contributed by atoms with E-state index >= 15 is 0 Å². The maximum absolute atomic E-state index is 12.4. The number of rotatable bonds is 6. The molecule has 0 radical (unpaired) electrons. The summed E-state index contributed by atoms with van der Waals surface area (Å²) in [5, 5.41) is 12.2. The largest absolute Gasteiger partial charge is 0.508 e. The van der Waals surface area contributed by atoms with Gasteiger partial charge in [0.05, 0.1) is 5.92 Å². The minimum atomic E-state index is -0.318. The number of phenolic OH excluding ortho intramolecular Hbond substituents is 1. The maximum atomic E-state index is 12.4. The van der Waals surface area contributed by atoms with Crippen molar-refractivity contribution in [3.63, 3.8) is 0 Å². The van der Waals surface area contributed by atoms with Crippen LogP contribution in [0.3, 0.4) is 0 Å². The molecule has 0 aromatic heterocycles. The third kappa shape index (κ3) is 4.67. The summed E-state index contributed by atoms with van der Waals surface area (Å²) >= 11 is 0. The zero-order valence-corrected chi connectivity index (χ0v) is 15.8. The fourth-order valence-electron chi connectivity index (χ4n) is 3.31. The summed E-state index contributed by atoms with van der Waals surface area (Å²) in [5.41, 5.74) is 3.13. The summed E-state index contributed by atoms with van der Waals surface area (Å²) in [6, 6.07) is 14.9. The molecule has 0 bridgehead atoms. The van der Waals surface area contributed by atoms with Crippen molar-refractivity contribution < 1.29 is 14.7 Å². The third-order valence-electron chi connectivity index (χ3n) is 5.02. The topological polar surface area (TPSA) is 69.6 Å². The molecular formula is C22H26N2O3. The Morgan fingerprint density at radius 1 is 1.15 bits per heavy atom. The molecule has 2 aromatic carbocycles. The summed E-state index contributed by atoms with van der Waals surface area (Å²) in [6.07, 6.45) is 0.935. The molecule has 1 unspecified atom stereocenters. The molecule has 0 spiro atoms. The predicted molar refractivity (Wildman–Crippen MR) is 106 cm³/mol. The van der Waals surface area contributed by atoms with Gasteiger partial charge in [0.2, 0.25) is 11.8 Å². The number of amides is 2. The van der Waals surface area contributed by atoms with Crippen molar-refractivity contribution in [3.05, 3.63) is 59.7 Å². The fourth-order valence-corrected chi connectivity index (χ4v) is 3.31. The Bertz CT molecular complexity index is 797. The highest BCUT2D eigenvalue weighted by Crippen LogP contribution is 2.27. The van der Waals surface area contributed by atoms with Gasteiger partial charge in [-0.2, -0.15) is 0 Å². The van der Waals surface area contributed by atoms with Crippen LogP contribution < -0.4 is 10.2 Å². The molecule has 2 N–H and O–H groups in total. The van der Waals surface area contributed by atoms with Crippen LogP contribution in [0.25, 0.3) is 0 Å². The van der Waals surface area contributed by atoms with Gasteiger partial charge in [-0.3, -0.25) is 9.59 Å². The standard InChI is InChI=1S/C22H26N2O3/c1-15(2)17-5-7-19(8-6-17)24-14-18(13-21(24)26)22(27)23-12-11-16-3-9-20(25)10-4-16/h3-10,15,18,25H,11-14H2,1-2H3,(H,23,27). The van der Waals surface area contributed by atoms with Gasteiger partial charge < -0.3 is 15.3 Å². The quantitative estimate of drug-likeness (QED) is 0.825. The molecule has 27 heavy (non-hydrogen) atoms. The van der Waals surface area contributed by atoms with Crippen LogP contribution >= 0.6 is 0 Å². The van der Waals surface area contributed by atoms with Crippen molar-refractivity contribution in [2.24, 2.45) is 5.92 Å². The summed E-state index contributed by atoms with van der Waals surface area (Å²) in [6.45, 7) is 5.20. The zero-order valence-electron chi connectivity index (χ0n) is 15.8. The molecule has 1 aliphatic rings. The van der Waals surface area contributed by atoms with E-state index in [2.05, 4.69) is 19.2 Å². The van der Waals surface area contributed by atoms with Crippen molar-refractivity contribution in [2.45, 2.75) is 32.6 Å². The SMILES string of the molecule is CC(C)c1ccc(N2CC(C(=O)NCCc3ccc(O)cc3)CC2=O)cc1. The smallest absolute Gasteiger partial charge is 0.227 e. The number of hydrogen-bond donors (Lipinski definition) is 2. The van der Waals surface area contributed by atoms with Gasteiger partial charge in [0.1, 0.15) is 5.75 Å². The lowest BCUT2D eigenvalue weighted by Crippen LogP contribution is -2.34. The summed E-state index contributed by atoms with van der Waals surface area (Å²) < 4.78 is 0. The number of hydrogen-bond acceptors (Lipinski definition) is 3. The number of carbonyl (C=O) groups excluding carboxylic acids is 2. The predicted octanol–water partition coefficient (Wildman–Crippen LogP) is 3.23. The Kier molecular flexibility index (Phi) is 5.79. The van der Waals surface area contributed by atoms with Gasteiger partial charge in [-0.15, -0.1) is 0 Å². The number of anilines is 1. The molecule has 0 saturated carbocycles. The van der Waals surface area contributed by atoms with Crippen molar-refractivity contribution in [3.8, 4) is 5.75 Å². The Morgan fingerprint density at radius 2 is 1.81 bits per heavy atom. The average Bonchev–Trinajstić information content (AvgIpc) is 3.05. The minimum absolute atomic E-state index is 0.00835. The molecule has 5 heteroatoms. The van der Waals surface area contributed by atoms with E-state index in [0.29, 0.717) is 25.4 Å². The zero-order chi connectivity index (χ0) is 19.4. The van der Waals surface area contributed by atoms with Gasteiger partial charge in [0.15, 0.2) is 0 Å². The van der Waals surface area contributed by atoms with Crippen LogP contribution in [0.2, 0.25) is 0 Å². The number of nitrogens with one attached hydrogen (secondary N) is 1.